The molecule has 0 radical (unpaired) electrons. The maximum absolute atomic E-state index is 13.6. The molecule has 0 spiro atoms. The Morgan fingerprint density at radius 3 is 2.55 bits per heavy atom. The van der Waals surface area contributed by atoms with Gasteiger partial charge in [-0.1, -0.05) is 23.4 Å². The molecule has 0 aliphatic carbocycles. The molecule has 3 aromatic rings. The average molecular weight is 402 g/mol. The predicted molar refractivity (Wildman–Crippen MR) is 101 cm³/mol. The highest BCUT2D eigenvalue weighted by atomic mass is 19.1. The molecule has 1 aromatic heterocycles. The highest BCUT2D eigenvalue weighted by Gasteiger charge is 2.23. The monoisotopic (exact) mass is 402 g/mol. The number of hydrogen-bond acceptors (Lipinski definition) is 5. The minimum absolute atomic E-state index is 0.0647. The van der Waals surface area contributed by atoms with E-state index in [0.717, 1.165) is 17.7 Å². The summed E-state index contributed by atoms with van der Waals surface area (Å²) >= 11 is 0. The van der Waals surface area contributed by atoms with E-state index in [2.05, 4.69) is 5.16 Å². The summed E-state index contributed by atoms with van der Waals surface area (Å²) in [5.41, 5.74) is 0.956. The van der Waals surface area contributed by atoms with E-state index in [1.54, 1.807) is 14.2 Å². The number of aromatic nitrogens is 1. The zero-order valence-electron chi connectivity index (χ0n) is 16.2. The van der Waals surface area contributed by atoms with Gasteiger partial charge in [0.05, 0.1) is 13.2 Å². The van der Waals surface area contributed by atoms with Crippen LogP contribution in [0.25, 0.3) is 0 Å². The summed E-state index contributed by atoms with van der Waals surface area (Å²) in [6.45, 7) is 1.60. The number of rotatable bonds is 7. The summed E-state index contributed by atoms with van der Waals surface area (Å²) < 4.78 is 42.6. The number of para-hydroxylation sites is 1. The predicted octanol–water partition coefficient (Wildman–Crippen LogP) is 4.37. The molecule has 0 aliphatic heterocycles. The van der Waals surface area contributed by atoms with Gasteiger partial charge in [0.15, 0.2) is 28.8 Å². The second kappa shape index (κ2) is 8.72. The van der Waals surface area contributed by atoms with Gasteiger partial charge in [0.1, 0.15) is 12.4 Å². The molecule has 0 fully saturated rings. The molecule has 0 N–H and O–H groups in total. The van der Waals surface area contributed by atoms with Gasteiger partial charge in [-0.15, -0.1) is 0 Å². The van der Waals surface area contributed by atoms with Crippen LogP contribution in [0.15, 0.2) is 53.1 Å². The van der Waals surface area contributed by atoms with Gasteiger partial charge in [0.2, 0.25) is 0 Å². The minimum atomic E-state index is -0.826. The molecule has 0 saturated carbocycles. The maximum atomic E-state index is 13.6. The molecule has 6 nitrogen and oxygen atoms in total. The van der Waals surface area contributed by atoms with Crippen molar-refractivity contribution in [2.24, 2.45) is 0 Å². The molecule has 2 aromatic carbocycles. The Morgan fingerprint density at radius 2 is 1.86 bits per heavy atom. The second-order valence-electron chi connectivity index (χ2n) is 6.39. The van der Waals surface area contributed by atoms with Crippen LogP contribution in [0.5, 0.6) is 11.5 Å². The standard InChI is InChI=1S/C21H20F2N2O4/c1-13(14-6-4-7-15(10-14)27-3)25(2)21(26)19-11-16(29-24-19)12-28-20-17(22)8-5-9-18(20)23/h4-11,13H,12H2,1-3H3. The molecular formula is C21H20F2N2O4. The van der Waals surface area contributed by atoms with Gasteiger partial charge >= 0.3 is 0 Å². The average Bonchev–Trinajstić information content (AvgIpc) is 3.20. The largest absolute Gasteiger partial charge is 0.497 e. The molecule has 0 bridgehead atoms. The summed E-state index contributed by atoms with van der Waals surface area (Å²) in [5.74, 6) is -1.68. The van der Waals surface area contributed by atoms with Crippen LogP contribution < -0.4 is 9.47 Å². The molecule has 1 atom stereocenters. The van der Waals surface area contributed by atoms with Crippen molar-refractivity contribution < 1.29 is 27.6 Å². The fourth-order valence-corrected chi connectivity index (χ4v) is 2.73. The molecule has 1 heterocycles. The highest BCUT2D eigenvalue weighted by Crippen LogP contribution is 2.25. The van der Waals surface area contributed by atoms with Crippen LogP contribution in [0.3, 0.4) is 0 Å². The van der Waals surface area contributed by atoms with E-state index in [1.807, 2.05) is 31.2 Å². The van der Waals surface area contributed by atoms with Crippen molar-refractivity contribution in [1.29, 1.82) is 0 Å². The second-order valence-corrected chi connectivity index (χ2v) is 6.39. The van der Waals surface area contributed by atoms with Crippen molar-refractivity contribution in [2.45, 2.75) is 19.6 Å². The van der Waals surface area contributed by atoms with Crippen molar-refractivity contribution >= 4 is 5.91 Å². The maximum Gasteiger partial charge on any atom is 0.276 e. The van der Waals surface area contributed by atoms with E-state index in [4.69, 9.17) is 14.0 Å². The Labute approximate surface area is 166 Å². The molecule has 0 saturated heterocycles. The fraction of sp³-hybridized carbons (Fsp3) is 0.238. The molecule has 3 rings (SSSR count). The third kappa shape index (κ3) is 4.53. The molecule has 8 heteroatoms. The molecule has 29 heavy (non-hydrogen) atoms. The Morgan fingerprint density at radius 1 is 1.17 bits per heavy atom. The zero-order valence-corrected chi connectivity index (χ0v) is 16.2. The summed E-state index contributed by atoms with van der Waals surface area (Å²) in [6.07, 6.45) is 0. The van der Waals surface area contributed by atoms with Crippen molar-refractivity contribution in [2.75, 3.05) is 14.2 Å². The van der Waals surface area contributed by atoms with E-state index in [1.165, 1.54) is 17.0 Å². The van der Waals surface area contributed by atoms with Crippen molar-refractivity contribution in [3.05, 3.63) is 77.2 Å². The molecule has 1 unspecified atom stereocenters. The first kappa shape index (κ1) is 20.3. The Kier molecular flexibility index (Phi) is 6.11. The van der Waals surface area contributed by atoms with Crippen LogP contribution in [0.4, 0.5) is 8.78 Å². The van der Waals surface area contributed by atoms with Gasteiger partial charge in [-0.3, -0.25) is 4.79 Å². The molecule has 1 amide bonds. The molecular weight excluding hydrogens is 382 g/mol. The van der Waals surface area contributed by atoms with E-state index in [0.29, 0.717) is 5.75 Å². The summed E-state index contributed by atoms with van der Waals surface area (Å²) in [7, 11) is 3.22. The van der Waals surface area contributed by atoms with Gasteiger partial charge in [0, 0.05) is 13.1 Å². The summed E-state index contributed by atoms with van der Waals surface area (Å²) in [6, 6.07) is 11.9. The first-order chi connectivity index (χ1) is 13.9. The number of methoxy groups -OCH3 is 1. The Balaban J connectivity index is 1.68. The van der Waals surface area contributed by atoms with Crippen LogP contribution in [0.2, 0.25) is 0 Å². The number of nitrogens with zero attached hydrogens (tertiary/aromatic N) is 2. The smallest absolute Gasteiger partial charge is 0.276 e. The summed E-state index contributed by atoms with van der Waals surface area (Å²) in [5, 5.41) is 3.75. The van der Waals surface area contributed by atoms with Crippen LogP contribution in [-0.4, -0.2) is 30.1 Å². The van der Waals surface area contributed by atoms with Gasteiger partial charge in [-0.2, -0.15) is 0 Å². The lowest BCUT2D eigenvalue weighted by Gasteiger charge is -2.24. The first-order valence-electron chi connectivity index (χ1n) is 8.84. The third-order valence-corrected chi connectivity index (χ3v) is 4.53. The highest BCUT2D eigenvalue weighted by molar-refractivity contribution is 5.92. The normalized spacial score (nSPS) is 11.8. The summed E-state index contributed by atoms with van der Waals surface area (Å²) in [4.78, 5) is 14.2. The number of ether oxygens (including phenoxy) is 2. The number of hydrogen-bond donors (Lipinski definition) is 0. The van der Waals surface area contributed by atoms with Crippen molar-refractivity contribution in [1.82, 2.24) is 10.1 Å². The third-order valence-electron chi connectivity index (χ3n) is 4.53. The van der Waals surface area contributed by atoms with Crippen LogP contribution in [-0.2, 0) is 6.61 Å². The van der Waals surface area contributed by atoms with Gasteiger partial charge in [0.25, 0.3) is 5.91 Å². The van der Waals surface area contributed by atoms with E-state index in [9.17, 15) is 13.6 Å². The van der Waals surface area contributed by atoms with Crippen LogP contribution >= 0.6 is 0 Å². The lowest BCUT2D eigenvalue weighted by molar-refractivity contribution is 0.0731. The van der Waals surface area contributed by atoms with E-state index >= 15 is 0 Å². The van der Waals surface area contributed by atoms with Gasteiger partial charge in [-0.25, -0.2) is 8.78 Å². The van der Waals surface area contributed by atoms with Crippen LogP contribution in [0.1, 0.15) is 34.8 Å². The van der Waals surface area contributed by atoms with E-state index in [-0.39, 0.29) is 30.0 Å². The van der Waals surface area contributed by atoms with E-state index < -0.39 is 17.4 Å². The Hall–Kier alpha value is -3.42. The SMILES string of the molecule is COc1cccc(C(C)N(C)C(=O)c2cc(COc3c(F)cccc3F)on2)c1. The minimum Gasteiger partial charge on any atom is -0.497 e. The number of halogens is 2. The molecule has 152 valence electrons. The van der Waals surface area contributed by atoms with Crippen molar-refractivity contribution in [3.8, 4) is 11.5 Å². The fourth-order valence-electron chi connectivity index (χ4n) is 2.73. The van der Waals surface area contributed by atoms with Crippen molar-refractivity contribution in [3.63, 3.8) is 0 Å². The molecule has 0 aliphatic rings. The van der Waals surface area contributed by atoms with Gasteiger partial charge in [-0.05, 0) is 36.8 Å². The quantitative estimate of drug-likeness (QED) is 0.587. The number of benzene rings is 2. The lowest BCUT2D eigenvalue weighted by Crippen LogP contribution is -2.29. The Bertz CT molecular complexity index is 986. The van der Waals surface area contributed by atoms with Crippen LogP contribution in [0, 0.1) is 11.6 Å². The first-order valence-corrected chi connectivity index (χ1v) is 8.84. The number of amides is 1. The zero-order chi connectivity index (χ0) is 21.0. The topological polar surface area (TPSA) is 64.8 Å². The van der Waals surface area contributed by atoms with Gasteiger partial charge < -0.3 is 18.9 Å². The number of carbonyl (C=O) groups is 1. The lowest BCUT2D eigenvalue weighted by atomic mass is 10.1. The number of carbonyl (C=O) groups excluding carboxylic acids is 1.